The first-order chi connectivity index (χ1) is 15.1. The second-order valence-electron chi connectivity index (χ2n) is 7.24. The number of ether oxygens (including phenoxy) is 3. The molecule has 1 aromatic carbocycles. The van der Waals surface area contributed by atoms with E-state index in [1.807, 2.05) is 30.5 Å². The van der Waals surface area contributed by atoms with Crippen LogP contribution >= 0.6 is 11.6 Å². The lowest BCUT2D eigenvalue weighted by atomic mass is 10.1. The number of halogens is 1. The van der Waals surface area contributed by atoms with Gasteiger partial charge in [0.2, 0.25) is 0 Å². The molecular weight excluding hydrogens is 416 g/mol. The van der Waals surface area contributed by atoms with E-state index in [0.29, 0.717) is 43.7 Å². The van der Waals surface area contributed by atoms with E-state index in [4.69, 9.17) is 35.9 Å². The van der Waals surface area contributed by atoms with E-state index in [1.165, 1.54) is 0 Å². The third-order valence-corrected chi connectivity index (χ3v) is 5.65. The molecule has 31 heavy (non-hydrogen) atoms. The van der Waals surface area contributed by atoms with Crippen LogP contribution in [0.25, 0.3) is 16.8 Å². The van der Waals surface area contributed by atoms with Crippen molar-refractivity contribution in [2.75, 3.05) is 38.8 Å². The van der Waals surface area contributed by atoms with Crippen molar-refractivity contribution in [3.05, 3.63) is 40.2 Å². The molecule has 1 aliphatic heterocycles. The van der Waals surface area contributed by atoms with Crippen LogP contribution in [0.2, 0.25) is 5.02 Å². The molecule has 0 unspecified atom stereocenters. The molecule has 0 N–H and O–H groups in total. The third kappa shape index (κ3) is 3.94. The van der Waals surface area contributed by atoms with Crippen LogP contribution in [0, 0.1) is 18.8 Å². The Balaban J connectivity index is 1.95. The van der Waals surface area contributed by atoms with Gasteiger partial charge >= 0.3 is 0 Å². The van der Waals surface area contributed by atoms with Gasteiger partial charge in [-0.15, -0.1) is 5.92 Å². The Labute approximate surface area is 186 Å². The van der Waals surface area contributed by atoms with Gasteiger partial charge in [0.1, 0.15) is 11.6 Å². The molecule has 0 saturated carbocycles. The molecule has 7 nitrogen and oxygen atoms in total. The molecule has 8 heteroatoms. The maximum atomic E-state index is 6.61. The van der Waals surface area contributed by atoms with Crippen molar-refractivity contribution in [1.82, 2.24) is 14.6 Å². The monoisotopic (exact) mass is 440 g/mol. The molecule has 0 fully saturated rings. The lowest BCUT2D eigenvalue weighted by molar-refractivity contribution is 0.133. The molecule has 3 aromatic rings. The fraction of sp³-hybridized carbons (Fsp3) is 0.391. The molecule has 162 valence electrons. The molecule has 0 atom stereocenters. The summed E-state index contributed by atoms with van der Waals surface area (Å²) in [5.74, 6) is 7.80. The van der Waals surface area contributed by atoms with Gasteiger partial charge in [-0.25, -0.2) is 4.98 Å². The number of hydrogen-bond donors (Lipinski definition) is 0. The number of fused-ring (bicyclic) bond motifs is 2. The molecule has 0 aliphatic carbocycles. The Bertz CT molecular complexity index is 1180. The molecule has 0 radical (unpaired) electrons. The molecule has 2 aromatic heterocycles. The minimum absolute atomic E-state index is 0.469. The second-order valence-corrected chi connectivity index (χ2v) is 7.64. The summed E-state index contributed by atoms with van der Waals surface area (Å²) in [6, 6.07) is 5.64. The normalized spacial score (nSPS) is 12.5. The number of rotatable bonds is 7. The van der Waals surface area contributed by atoms with Crippen LogP contribution in [0.15, 0.2) is 18.2 Å². The summed E-state index contributed by atoms with van der Waals surface area (Å²) in [6.45, 7) is 6.58. The highest BCUT2D eigenvalue weighted by molar-refractivity contribution is 6.33. The largest absolute Gasteiger partial charge is 0.497 e. The van der Waals surface area contributed by atoms with E-state index in [9.17, 15) is 0 Å². The van der Waals surface area contributed by atoms with E-state index in [0.717, 1.165) is 39.5 Å². The standard InChI is InChI=1S/C23H25ClN4O3/c1-5-6-9-27(10-11-29-3)23-18-13-31-14-20(18)25-22-21(15(2)26-28(22)23)17-8-7-16(30-4)12-19(17)24/h7-8,12H,9-11,13-14H2,1-4H3. The average Bonchev–Trinajstić information content (AvgIpc) is 3.36. The summed E-state index contributed by atoms with van der Waals surface area (Å²) in [5.41, 5.74) is 5.31. The third-order valence-electron chi connectivity index (χ3n) is 5.34. The Morgan fingerprint density at radius 2 is 2.13 bits per heavy atom. The van der Waals surface area contributed by atoms with Crippen LogP contribution in [0.5, 0.6) is 5.75 Å². The fourth-order valence-electron chi connectivity index (χ4n) is 3.84. The molecule has 4 rings (SSSR count). The Morgan fingerprint density at radius 1 is 1.29 bits per heavy atom. The van der Waals surface area contributed by atoms with Gasteiger partial charge < -0.3 is 19.1 Å². The summed E-state index contributed by atoms with van der Waals surface area (Å²) in [7, 11) is 3.32. The van der Waals surface area contributed by atoms with Gasteiger partial charge in [-0.05, 0) is 32.0 Å². The van der Waals surface area contributed by atoms with Crippen molar-refractivity contribution >= 4 is 23.1 Å². The minimum atomic E-state index is 0.469. The van der Waals surface area contributed by atoms with Crippen LogP contribution in [0.1, 0.15) is 23.9 Å². The van der Waals surface area contributed by atoms with E-state index >= 15 is 0 Å². The van der Waals surface area contributed by atoms with Crippen LogP contribution < -0.4 is 9.64 Å². The zero-order chi connectivity index (χ0) is 22.0. The highest BCUT2D eigenvalue weighted by Crippen LogP contribution is 2.38. The Kier molecular flexibility index (Phi) is 6.33. The number of aromatic nitrogens is 3. The summed E-state index contributed by atoms with van der Waals surface area (Å²) < 4.78 is 18.3. The zero-order valence-electron chi connectivity index (χ0n) is 18.2. The summed E-state index contributed by atoms with van der Waals surface area (Å²) >= 11 is 6.61. The van der Waals surface area contributed by atoms with Gasteiger partial charge in [-0.2, -0.15) is 9.61 Å². The quantitative estimate of drug-likeness (QED) is 0.520. The highest BCUT2D eigenvalue weighted by atomic mass is 35.5. The maximum absolute atomic E-state index is 6.61. The Hall–Kier alpha value is -2.79. The minimum Gasteiger partial charge on any atom is -0.497 e. The predicted octanol–water partition coefficient (Wildman–Crippen LogP) is 3.87. The number of hydrogen-bond acceptors (Lipinski definition) is 6. The number of aryl methyl sites for hydroxylation is 1. The summed E-state index contributed by atoms with van der Waals surface area (Å²) in [4.78, 5) is 7.11. The molecule has 3 heterocycles. The van der Waals surface area contributed by atoms with Gasteiger partial charge in [0.05, 0.1) is 55.4 Å². The van der Waals surface area contributed by atoms with Crippen molar-refractivity contribution in [2.24, 2.45) is 0 Å². The first kappa shape index (κ1) is 21.4. The lowest BCUT2D eigenvalue weighted by Gasteiger charge is -2.24. The maximum Gasteiger partial charge on any atom is 0.165 e. The van der Waals surface area contributed by atoms with Crippen molar-refractivity contribution in [3.63, 3.8) is 0 Å². The molecule has 0 spiro atoms. The highest BCUT2D eigenvalue weighted by Gasteiger charge is 2.28. The number of nitrogens with zero attached hydrogens (tertiary/aromatic N) is 4. The van der Waals surface area contributed by atoms with Gasteiger partial charge in [0.25, 0.3) is 0 Å². The van der Waals surface area contributed by atoms with Crippen molar-refractivity contribution in [3.8, 4) is 28.7 Å². The lowest BCUT2D eigenvalue weighted by Crippen LogP contribution is -2.31. The summed E-state index contributed by atoms with van der Waals surface area (Å²) in [6.07, 6.45) is 0. The van der Waals surface area contributed by atoms with E-state index in [-0.39, 0.29) is 0 Å². The van der Waals surface area contributed by atoms with Gasteiger partial charge in [0.15, 0.2) is 5.65 Å². The second kappa shape index (κ2) is 9.15. The van der Waals surface area contributed by atoms with Gasteiger partial charge in [-0.1, -0.05) is 17.5 Å². The topological polar surface area (TPSA) is 61.1 Å². The molecule has 1 aliphatic rings. The van der Waals surface area contributed by atoms with E-state index in [2.05, 4.69) is 16.7 Å². The molecule has 0 bridgehead atoms. The number of benzene rings is 1. The van der Waals surface area contributed by atoms with Crippen molar-refractivity contribution in [2.45, 2.75) is 27.1 Å². The fourth-order valence-corrected chi connectivity index (χ4v) is 4.10. The number of methoxy groups -OCH3 is 2. The van der Waals surface area contributed by atoms with E-state index in [1.54, 1.807) is 20.3 Å². The van der Waals surface area contributed by atoms with Crippen LogP contribution in [-0.2, 0) is 22.7 Å². The first-order valence-corrected chi connectivity index (χ1v) is 10.4. The Morgan fingerprint density at radius 3 is 2.84 bits per heavy atom. The van der Waals surface area contributed by atoms with Gasteiger partial charge in [-0.3, -0.25) is 0 Å². The number of anilines is 1. The molecular formula is C23H25ClN4O3. The van der Waals surface area contributed by atoms with Crippen LogP contribution in [0.3, 0.4) is 0 Å². The van der Waals surface area contributed by atoms with Crippen LogP contribution in [-0.4, -0.2) is 48.5 Å². The van der Waals surface area contributed by atoms with Crippen LogP contribution in [0.4, 0.5) is 5.82 Å². The van der Waals surface area contributed by atoms with Crippen molar-refractivity contribution < 1.29 is 14.2 Å². The zero-order valence-corrected chi connectivity index (χ0v) is 18.9. The van der Waals surface area contributed by atoms with Gasteiger partial charge in [0, 0.05) is 24.8 Å². The van der Waals surface area contributed by atoms with E-state index < -0.39 is 0 Å². The van der Waals surface area contributed by atoms with Crippen molar-refractivity contribution in [1.29, 1.82) is 0 Å². The average molecular weight is 441 g/mol. The SMILES string of the molecule is CC#CCN(CCOC)c1c2c(nc3c(-c4ccc(OC)cc4Cl)c(C)nn13)COC2. The first-order valence-electron chi connectivity index (χ1n) is 10.0. The molecule has 0 saturated heterocycles. The predicted molar refractivity (Wildman–Crippen MR) is 121 cm³/mol. The summed E-state index contributed by atoms with van der Waals surface area (Å²) in [5, 5.41) is 5.45. The molecule has 0 amide bonds. The smallest absolute Gasteiger partial charge is 0.165 e.